The van der Waals surface area contributed by atoms with Crippen LogP contribution in [0.5, 0.6) is 5.75 Å². The minimum Gasteiger partial charge on any atom is -0.497 e. The molecule has 0 saturated carbocycles. The van der Waals surface area contributed by atoms with Gasteiger partial charge in [-0.05, 0) is 44.0 Å². The molecule has 0 radical (unpaired) electrons. The number of carbonyl (C=O) groups is 1. The molecule has 2 rings (SSSR count). The van der Waals surface area contributed by atoms with Crippen molar-refractivity contribution in [3.8, 4) is 5.75 Å². The average molecular weight is 262 g/mol. The van der Waals surface area contributed by atoms with Gasteiger partial charge in [-0.15, -0.1) is 0 Å². The molecular weight excluding hydrogens is 240 g/mol. The Morgan fingerprint density at radius 2 is 2.42 bits per heavy atom. The standard InChI is InChI=1S/C15H22N2O2/c1-11(12-5-3-7-14(9-12)19-2)17-15(18)10-13-6-4-8-16-13/h3,5,7,9,11,13,16H,4,6,8,10H2,1-2H3,(H,17,18)/t11-,13?/m1/s1. The first-order valence-corrected chi connectivity index (χ1v) is 6.85. The van der Waals surface area contributed by atoms with Crippen molar-refractivity contribution in [3.63, 3.8) is 0 Å². The lowest BCUT2D eigenvalue weighted by atomic mass is 10.1. The fraction of sp³-hybridized carbons (Fsp3) is 0.533. The van der Waals surface area contributed by atoms with Gasteiger partial charge in [0.2, 0.25) is 5.91 Å². The molecule has 0 aliphatic carbocycles. The molecule has 0 bridgehead atoms. The monoisotopic (exact) mass is 262 g/mol. The third-order valence-corrected chi connectivity index (χ3v) is 3.57. The Morgan fingerprint density at radius 3 is 3.11 bits per heavy atom. The Balaban J connectivity index is 1.88. The molecule has 2 atom stereocenters. The zero-order valence-electron chi connectivity index (χ0n) is 11.6. The summed E-state index contributed by atoms with van der Waals surface area (Å²) >= 11 is 0. The topological polar surface area (TPSA) is 50.4 Å². The van der Waals surface area contributed by atoms with E-state index in [1.807, 2.05) is 31.2 Å². The summed E-state index contributed by atoms with van der Waals surface area (Å²) in [6, 6.07) is 8.15. The smallest absolute Gasteiger partial charge is 0.222 e. The molecular formula is C15H22N2O2. The van der Waals surface area contributed by atoms with Gasteiger partial charge in [-0.1, -0.05) is 12.1 Å². The lowest BCUT2D eigenvalue weighted by molar-refractivity contribution is -0.122. The second-order valence-corrected chi connectivity index (χ2v) is 5.06. The second kappa shape index (κ2) is 6.57. The number of rotatable bonds is 5. The fourth-order valence-electron chi connectivity index (χ4n) is 2.45. The van der Waals surface area contributed by atoms with Gasteiger partial charge in [0.15, 0.2) is 0 Å². The van der Waals surface area contributed by atoms with E-state index in [4.69, 9.17) is 4.74 Å². The number of benzene rings is 1. The van der Waals surface area contributed by atoms with Gasteiger partial charge in [-0.3, -0.25) is 4.79 Å². The number of hydrogen-bond acceptors (Lipinski definition) is 3. The quantitative estimate of drug-likeness (QED) is 0.853. The molecule has 0 spiro atoms. The second-order valence-electron chi connectivity index (χ2n) is 5.06. The number of amides is 1. The lowest BCUT2D eigenvalue weighted by Gasteiger charge is -2.17. The van der Waals surface area contributed by atoms with Crippen molar-refractivity contribution >= 4 is 5.91 Å². The van der Waals surface area contributed by atoms with E-state index >= 15 is 0 Å². The van der Waals surface area contributed by atoms with Crippen molar-refractivity contribution in [2.24, 2.45) is 0 Å². The Hall–Kier alpha value is -1.55. The van der Waals surface area contributed by atoms with E-state index in [-0.39, 0.29) is 11.9 Å². The maximum Gasteiger partial charge on any atom is 0.222 e. The van der Waals surface area contributed by atoms with Crippen molar-refractivity contribution < 1.29 is 9.53 Å². The molecule has 4 heteroatoms. The molecule has 1 aromatic rings. The zero-order valence-corrected chi connectivity index (χ0v) is 11.6. The Bertz CT molecular complexity index is 428. The van der Waals surface area contributed by atoms with E-state index in [2.05, 4.69) is 10.6 Å². The number of hydrogen-bond donors (Lipinski definition) is 2. The first kappa shape index (κ1) is 13.9. The summed E-state index contributed by atoms with van der Waals surface area (Å²) in [5.74, 6) is 0.922. The van der Waals surface area contributed by atoms with Gasteiger partial charge in [0.1, 0.15) is 5.75 Å². The highest BCUT2D eigenvalue weighted by atomic mass is 16.5. The van der Waals surface area contributed by atoms with Crippen LogP contribution in [-0.2, 0) is 4.79 Å². The van der Waals surface area contributed by atoms with E-state index < -0.39 is 0 Å². The van der Waals surface area contributed by atoms with E-state index in [0.717, 1.165) is 24.3 Å². The Labute approximate surface area is 114 Å². The SMILES string of the molecule is COc1cccc([C@@H](C)NC(=O)CC2CCCN2)c1. The van der Waals surface area contributed by atoms with Gasteiger partial charge in [0.25, 0.3) is 0 Å². The largest absolute Gasteiger partial charge is 0.497 e. The Kier molecular flexibility index (Phi) is 4.80. The maximum absolute atomic E-state index is 12.0. The summed E-state index contributed by atoms with van der Waals surface area (Å²) in [4.78, 5) is 12.0. The molecule has 1 amide bonds. The van der Waals surface area contributed by atoms with Crippen molar-refractivity contribution in [2.45, 2.75) is 38.3 Å². The first-order chi connectivity index (χ1) is 9.19. The highest BCUT2D eigenvalue weighted by molar-refractivity contribution is 5.77. The first-order valence-electron chi connectivity index (χ1n) is 6.85. The predicted octanol–water partition coefficient (Wildman–Crippen LogP) is 2.01. The molecule has 1 fully saturated rings. The van der Waals surface area contributed by atoms with Crippen LogP contribution in [-0.4, -0.2) is 25.6 Å². The van der Waals surface area contributed by atoms with Crippen LogP contribution in [0.25, 0.3) is 0 Å². The molecule has 1 saturated heterocycles. The van der Waals surface area contributed by atoms with Crippen LogP contribution in [0.4, 0.5) is 0 Å². The molecule has 1 unspecified atom stereocenters. The van der Waals surface area contributed by atoms with Crippen LogP contribution in [0.3, 0.4) is 0 Å². The molecule has 1 aliphatic rings. The Morgan fingerprint density at radius 1 is 1.58 bits per heavy atom. The van der Waals surface area contributed by atoms with Crippen LogP contribution in [0.2, 0.25) is 0 Å². The molecule has 1 aliphatic heterocycles. The third kappa shape index (κ3) is 3.96. The van der Waals surface area contributed by atoms with Gasteiger partial charge in [0.05, 0.1) is 13.2 Å². The van der Waals surface area contributed by atoms with Crippen molar-refractivity contribution in [3.05, 3.63) is 29.8 Å². The van der Waals surface area contributed by atoms with Gasteiger partial charge in [0, 0.05) is 12.5 Å². The maximum atomic E-state index is 12.0. The molecule has 104 valence electrons. The summed E-state index contributed by atoms with van der Waals surface area (Å²) in [5.41, 5.74) is 1.06. The van der Waals surface area contributed by atoms with Crippen molar-refractivity contribution in [1.29, 1.82) is 0 Å². The average Bonchev–Trinajstić information content (AvgIpc) is 2.91. The molecule has 0 aromatic heterocycles. The van der Waals surface area contributed by atoms with E-state index in [1.54, 1.807) is 7.11 Å². The minimum atomic E-state index is 0.00371. The summed E-state index contributed by atoms with van der Waals surface area (Å²) in [6.07, 6.45) is 2.83. The van der Waals surface area contributed by atoms with Crippen molar-refractivity contribution in [1.82, 2.24) is 10.6 Å². The van der Waals surface area contributed by atoms with Crippen LogP contribution < -0.4 is 15.4 Å². The number of nitrogens with one attached hydrogen (secondary N) is 2. The molecule has 2 N–H and O–H groups in total. The molecule has 1 heterocycles. The summed E-state index contributed by atoms with van der Waals surface area (Å²) in [7, 11) is 1.65. The van der Waals surface area contributed by atoms with Crippen LogP contribution in [0, 0.1) is 0 Å². The van der Waals surface area contributed by atoms with Crippen LogP contribution in [0.15, 0.2) is 24.3 Å². The normalized spacial score (nSPS) is 20.0. The van der Waals surface area contributed by atoms with Crippen molar-refractivity contribution in [2.75, 3.05) is 13.7 Å². The summed E-state index contributed by atoms with van der Waals surface area (Å²) in [6.45, 7) is 3.03. The molecule has 1 aromatic carbocycles. The summed E-state index contributed by atoms with van der Waals surface area (Å²) in [5, 5.41) is 6.38. The van der Waals surface area contributed by atoms with Gasteiger partial charge in [-0.25, -0.2) is 0 Å². The van der Waals surface area contributed by atoms with Crippen LogP contribution >= 0.6 is 0 Å². The summed E-state index contributed by atoms with van der Waals surface area (Å²) < 4.78 is 5.19. The fourth-order valence-corrected chi connectivity index (χ4v) is 2.45. The molecule has 19 heavy (non-hydrogen) atoms. The van der Waals surface area contributed by atoms with Gasteiger partial charge < -0.3 is 15.4 Å². The third-order valence-electron chi connectivity index (χ3n) is 3.57. The van der Waals surface area contributed by atoms with E-state index in [9.17, 15) is 4.79 Å². The van der Waals surface area contributed by atoms with Gasteiger partial charge in [-0.2, -0.15) is 0 Å². The van der Waals surface area contributed by atoms with E-state index in [1.165, 1.54) is 6.42 Å². The number of ether oxygens (including phenoxy) is 1. The minimum absolute atomic E-state index is 0.00371. The lowest BCUT2D eigenvalue weighted by Crippen LogP contribution is -2.33. The highest BCUT2D eigenvalue weighted by Crippen LogP contribution is 2.19. The van der Waals surface area contributed by atoms with E-state index in [0.29, 0.717) is 12.5 Å². The zero-order chi connectivity index (χ0) is 13.7. The number of carbonyl (C=O) groups excluding carboxylic acids is 1. The van der Waals surface area contributed by atoms with Crippen LogP contribution in [0.1, 0.15) is 37.8 Å². The van der Waals surface area contributed by atoms with Gasteiger partial charge >= 0.3 is 0 Å². The highest BCUT2D eigenvalue weighted by Gasteiger charge is 2.18. The molecule has 4 nitrogen and oxygen atoms in total. The number of methoxy groups -OCH3 is 1. The predicted molar refractivity (Wildman–Crippen MR) is 75.2 cm³/mol.